The number of halogens is 7. The van der Waals surface area contributed by atoms with Crippen LogP contribution in [0.3, 0.4) is 0 Å². The Morgan fingerprint density at radius 1 is 0.812 bits per heavy atom. The lowest BCUT2D eigenvalue weighted by Crippen LogP contribution is -2.50. The van der Waals surface area contributed by atoms with Gasteiger partial charge in [-0.1, -0.05) is 20.8 Å². The molecule has 2 N–H and O–H groups in total. The predicted molar refractivity (Wildman–Crippen MR) is 171 cm³/mol. The third kappa shape index (κ3) is 8.47. The van der Waals surface area contributed by atoms with E-state index in [-0.39, 0.29) is 28.9 Å². The fourth-order valence-corrected chi connectivity index (χ4v) is 6.21. The van der Waals surface area contributed by atoms with Gasteiger partial charge in [0.25, 0.3) is 11.8 Å². The SMILES string of the molecule is C[C@H]1CN(c2cc(F)c(-c3cc(C(=O)NC(C)(C)CC(C)(C)C)c(F)cc3F)cc2NC(=O)c2ccc(F)cc2C(F)(F)F)CCN1C. The quantitative estimate of drug-likeness (QED) is 0.247. The summed E-state index contributed by atoms with van der Waals surface area (Å²) in [6, 6.07) is 4.89. The number of nitrogens with one attached hydrogen (secondary N) is 2. The number of amides is 2. The zero-order valence-electron chi connectivity index (χ0n) is 27.8. The van der Waals surface area contributed by atoms with Gasteiger partial charge in [-0.2, -0.15) is 13.2 Å². The van der Waals surface area contributed by atoms with Crippen LogP contribution >= 0.6 is 0 Å². The lowest BCUT2D eigenvalue weighted by molar-refractivity contribution is -0.138. The first kappa shape index (κ1) is 36.7. The summed E-state index contributed by atoms with van der Waals surface area (Å²) in [5.41, 5.74) is -5.04. The van der Waals surface area contributed by atoms with Crippen molar-refractivity contribution in [3.63, 3.8) is 0 Å². The highest BCUT2D eigenvalue weighted by Crippen LogP contribution is 2.39. The molecule has 2 amide bonds. The van der Waals surface area contributed by atoms with Crippen molar-refractivity contribution in [2.24, 2.45) is 5.41 Å². The fourth-order valence-electron chi connectivity index (χ4n) is 6.21. The Morgan fingerprint density at radius 3 is 2.04 bits per heavy atom. The molecule has 1 aliphatic heterocycles. The van der Waals surface area contributed by atoms with Crippen molar-refractivity contribution in [3.05, 3.63) is 82.4 Å². The molecule has 13 heteroatoms. The summed E-state index contributed by atoms with van der Waals surface area (Å²) in [6.45, 7) is 12.5. The van der Waals surface area contributed by atoms with Crippen molar-refractivity contribution in [3.8, 4) is 11.1 Å². The predicted octanol–water partition coefficient (Wildman–Crippen LogP) is 8.27. The van der Waals surface area contributed by atoms with Crippen molar-refractivity contribution in [2.75, 3.05) is 36.9 Å². The number of anilines is 2. The molecule has 260 valence electrons. The number of likely N-dealkylation sites (N-methyl/N-ethyl adjacent to an activating group) is 1. The minimum atomic E-state index is -5.08. The Morgan fingerprint density at radius 2 is 1.44 bits per heavy atom. The third-order valence-electron chi connectivity index (χ3n) is 8.18. The zero-order chi connectivity index (χ0) is 35.9. The smallest absolute Gasteiger partial charge is 0.367 e. The van der Waals surface area contributed by atoms with Crippen molar-refractivity contribution in [1.82, 2.24) is 10.2 Å². The molecular formula is C35H39F7N4O2. The Labute approximate surface area is 275 Å². The molecule has 0 radical (unpaired) electrons. The van der Waals surface area contributed by atoms with E-state index in [0.29, 0.717) is 44.3 Å². The van der Waals surface area contributed by atoms with E-state index in [9.17, 15) is 27.2 Å². The van der Waals surface area contributed by atoms with Crippen molar-refractivity contribution in [2.45, 2.75) is 65.7 Å². The van der Waals surface area contributed by atoms with Crippen LogP contribution in [0.5, 0.6) is 0 Å². The van der Waals surface area contributed by atoms with Crippen LogP contribution in [0.25, 0.3) is 11.1 Å². The first-order chi connectivity index (χ1) is 22.1. The lowest BCUT2D eigenvalue weighted by Gasteiger charge is -2.39. The van der Waals surface area contributed by atoms with Gasteiger partial charge < -0.3 is 20.4 Å². The van der Waals surface area contributed by atoms with Gasteiger partial charge in [-0.05, 0) is 76.1 Å². The molecule has 0 bridgehead atoms. The van der Waals surface area contributed by atoms with Gasteiger partial charge in [-0.3, -0.25) is 9.59 Å². The standard InChI is InChI=1S/C35H39F7N4O2/c1-19-17-46(11-10-45(19)7)30-16-28(39)23(14-29(30)43-31(47)21-9-8-20(36)12-25(21)35(40,41)42)22-13-24(27(38)15-26(22)37)32(48)44-34(5,6)18-33(2,3)4/h8-9,12-16,19H,10-11,17-18H2,1-7H3,(H,43,47)(H,44,48)/t19-/m0/s1. The molecule has 0 aromatic heterocycles. The number of carbonyl (C=O) groups excluding carboxylic acids is 2. The van der Waals surface area contributed by atoms with Crippen LogP contribution in [0.4, 0.5) is 42.1 Å². The maximum Gasteiger partial charge on any atom is 0.417 e. The highest BCUT2D eigenvalue weighted by atomic mass is 19.4. The zero-order valence-corrected chi connectivity index (χ0v) is 27.8. The highest BCUT2D eigenvalue weighted by Gasteiger charge is 2.36. The summed E-state index contributed by atoms with van der Waals surface area (Å²) in [6.07, 6.45) is -4.57. The summed E-state index contributed by atoms with van der Waals surface area (Å²) < 4.78 is 101. The number of piperazine rings is 1. The molecule has 0 spiro atoms. The molecule has 1 fully saturated rings. The largest absolute Gasteiger partial charge is 0.417 e. The monoisotopic (exact) mass is 680 g/mol. The molecule has 6 nitrogen and oxygen atoms in total. The normalized spacial score (nSPS) is 16.2. The number of benzene rings is 3. The molecule has 3 aromatic carbocycles. The minimum absolute atomic E-state index is 0.0304. The van der Waals surface area contributed by atoms with E-state index < -0.39 is 74.6 Å². The number of hydrogen-bond donors (Lipinski definition) is 2. The summed E-state index contributed by atoms with van der Waals surface area (Å²) in [5.74, 6) is -6.73. The van der Waals surface area contributed by atoms with Crippen LogP contribution in [0.1, 0.15) is 74.2 Å². The topological polar surface area (TPSA) is 64.7 Å². The van der Waals surface area contributed by atoms with Gasteiger partial charge >= 0.3 is 6.18 Å². The second-order valence-corrected chi connectivity index (χ2v) is 14.2. The molecular weight excluding hydrogens is 641 g/mol. The van der Waals surface area contributed by atoms with Crippen LogP contribution in [0.15, 0.2) is 42.5 Å². The number of carbonyl (C=O) groups is 2. The van der Waals surface area contributed by atoms with E-state index in [1.807, 2.05) is 39.6 Å². The van der Waals surface area contributed by atoms with Gasteiger partial charge in [-0.25, -0.2) is 17.6 Å². The molecule has 1 atom stereocenters. The second-order valence-electron chi connectivity index (χ2n) is 14.2. The van der Waals surface area contributed by atoms with Gasteiger partial charge in [0.1, 0.15) is 23.3 Å². The fraction of sp³-hybridized carbons (Fsp3) is 0.429. The molecule has 1 saturated heterocycles. The van der Waals surface area contributed by atoms with Crippen molar-refractivity contribution in [1.29, 1.82) is 0 Å². The van der Waals surface area contributed by atoms with Crippen molar-refractivity contribution < 1.29 is 40.3 Å². The van der Waals surface area contributed by atoms with E-state index in [0.717, 1.165) is 18.2 Å². The van der Waals surface area contributed by atoms with E-state index >= 15 is 13.2 Å². The average molecular weight is 681 g/mol. The first-order valence-electron chi connectivity index (χ1n) is 15.3. The Bertz CT molecular complexity index is 1720. The molecule has 1 aliphatic rings. The number of nitrogens with zero attached hydrogens (tertiary/aromatic N) is 2. The number of rotatable bonds is 7. The van der Waals surface area contributed by atoms with Crippen LogP contribution in [0, 0.1) is 28.7 Å². The van der Waals surface area contributed by atoms with Gasteiger partial charge in [0.15, 0.2) is 0 Å². The average Bonchev–Trinajstić information content (AvgIpc) is 2.93. The number of alkyl halides is 3. The highest BCUT2D eigenvalue weighted by molar-refractivity contribution is 6.07. The molecule has 3 aromatic rings. The third-order valence-corrected chi connectivity index (χ3v) is 8.18. The van der Waals surface area contributed by atoms with Gasteiger partial charge in [0.2, 0.25) is 0 Å². The molecule has 1 heterocycles. The summed E-state index contributed by atoms with van der Waals surface area (Å²) in [7, 11) is 1.89. The van der Waals surface area contributed by atoms with E-state index in [1.54, 1.807) is 18.7 Å². The summed E-state index contributed by atoms with van der Waals surface area (Å²) in [5, 5.41) is 5.12. The Kier molecular flexibility index (Phi) is 10.3. The maximum atomic E-state index is 15.9. The summed E-state index contributed by atoms with van der Waals surface area (Å²) >= 11 is 0. The van der Waals surface area contributed by atoms with Crippen LogP contribution in [-0.4, -0.2) is 55.0 Å². The van der Waals surface area contributed by atoms with Gasteiger partial charge in [-0.15, -0.1) is 0 Å². The first-order valence-corrected chi connectivity index (χ1v) is 15.3. The molecule has 48 heavy (non-hydrogen) atoms. The lowest BCUT2D eigenvalue weighted by atomic mass is 9.81. The Balaban J connectivity index is 1.83. The van der Waals surface area contributed by atoms with Crippen molar-refractivity contribution >= 4 is 23.2 Å². The van der Waals surface area contributed by atoms with E-state index in [1.165, 1.54) is 0 Å². The summed E-state index contributed by atoms with van der Waals surface area (Å²) in [4.78, 5) is 30.3. The van der Waals surface area contributed by atoms with Gasteiger partial charge in [0, 0.05) is 48.4 Å². The minimum Gasteiger partial charge on any atom is -0.367 e. The van der Waals surface area contributed by atoms with Crippen LogP contribution in [0.2, 0.25) is 0 Å². The van der Waals surface area contributed by atoms with E-state index in [4.69, 9.17) is 0 Å². The van der Waals surface area contributed by atoms with Crippen LogP contribution < -0.4 is 15.5 Å². The number of hydrogen-bond acceptors (Lipinski definition) is 4. The van der Waals surface area contributed by atoms with E-state index in [2.05, 4.69) is 10.6 Å². The second kappa shape index (κ2) is 13.4. The Hall–Kier alpha value is -4.13. The maximum absolute atomic E-state index is 15.9. The molecule has 0 saturated carbocycles. The molecule has 4 rings (SSSR count). The van der Waals surface area contributed by atoms with Crippen LogP contribution in [-0.2, 0) is 6.18 Å². The van der Waals surface area contributed by atoms with Gasteiger partial charge in [0.05, 0.1) is 28.1 Å². The molecule has 0 aliphatic carbocycles. The molecule has 0 unspecified atom stereocenters.